The Hall–Kier alpha value is -0.120. The lowest BCUT2D eigenvalue weighted by molar-refractivity contribution is 0.0950. The molecule has 0 aromatic carbocycles. The van der Waals surface area contributed by atoms with E-state index in [9.17, 15) is 0 Å². The van der Waals surface area contributed by atoms with Crippen LogP contribution in [0.15, 0.2) is 0 Å². The number of nitrogens with one attached hydrogen (secondary N) is 2. The van der Waals surface area contributed by atoms with Crippen LogP contribution in [0.3, 0.4) is 0 Å². The predicted octanol–water partition coefficient (Wildman–Crippen LogP) is -0.112. The molecule has 2 aliphatic rings. The van der Waals surface area contributed by atoms with Crippen molar-refractivity contribution in [2.75, 3.05) is 32.7 Å². The maximum atomic E-state index is 3.59. The van der Waals surface area contributed by atoms with Crippen LogP contribution in [0.4, 0.5) is 0 Å². The second kappa shape index (κ2) is 3.95. The minimum absolute atomic E-state index is 0.703. The van der Waals surface area contributed by atoms with Gasteiger partial charge >= 0.3 is 0 Å². The summed E-state index contributed by atoms with van der Waals surface area (Å²) in [6.07, 6.45) is 0. The van der Waals surface area contributed by atoms with Crippen molar-refractivity contribution in [2.24, 2.45) is 5.92 Å². The average Bonchev–Trinajstić information content (AvgIpc) is 2.01. The predicted molar refractivity (Wildman–Crippen MR) is 54.9 cm³/mol. The molecule has 0 aromatic rings. The second-order valence-corrected chi connectivity index (χ2v) is 4.61. The molecule has 13 heavy (non-hydrogen) atoms. The van der Waals surface area contributed by atoms with Crippen LogP contribution >= 0.6 is 0 Å². The van der Waals surface area contributed by atoms with Crippen LogP contribution in [-0.4, -0.2) is 49.7 Å². The SMILES string of the molecule is CC(C)[C@H]1CN(C2CNC2)CCN1. The molecule has 2 saturated heterocycles. The number of rotatable bonds is 2. The first kappa shape index (κ1) is 9.44. The van der Waals surface area contributed by atoms with Crippen LogP contribution in [-0.2, 0) is 0 Å². The van der Waals surface area contributed by atoms with E-state index in [-0.39, 0.29) is 0 Å². The molecule has 2 rings (SSSR count). The lowest BCUT2D eigenvalue weighted by Gasteiger charge is -2.44. The molecule has 0 amide bonds. The lowest BCUT2D eigenvalue weighted by atomic mass is 9.99. The van der Waals surface area contributed by atoms with Crippen LogP contribution in [0, 0.1) is 5.92 Å². The number of hydrogen-bond acceptors (Lipinski definition) is 3. The largest absolute Gasteiger partial charge is 0.314 e. The Bertz CT molecular complexity index is 166. The van der Waals surface area contributed by atoms with E-state index >= 15 is 0 Å². The third-order valence-electron chi connectivity index (χ3n) is 3.32. The Morgan fingerprint density at radius 2 is 2.08 bits per heavy atom. The molecule has 0 spiro atoms. The van der Waals surface area contributed by atoms with Gasteiger partial charge in [0.1, 0.15) is 0 Å². The fourth-order valence-corrected chi connectivity index (χ4v) is 2.11. The molecule has 0 aromatic heterocycles. The molecule has 76 valence electrons. The fraction of sp³-hybridized carbons (Fsp3) is 1.00. The fourth-order valence-electron chi connectivity index (χ4n) is 2.11. The number of nitrogens with zero attached hydrogens (tertiary/aromatic N) is 1. The minimum Gasteiger partial charge on any atom is -0.314 e. The van der Waals surface area contributed by atoms with Gasteiger partial charge in [0.15, 0.2) is 0 Å². The first-order valence-electron chi connectivity index (χ1n) is 5.45. The molecule has 2 aliphatic heterocycles. The zero-order valence-corrected chi connectivity index (χ0v) is 8.71. The first-order valence-corrected chi connectivity index (χ1v) is 5.45. The number of hydrogen-bond donors (Lipinski definition) is 2. The summed E-state index contributed by atoms with van der Waals surface area (Å²) in [4.78, 5) is 2.64. The highest BCUT2D eigenvalue weighted by Gasteiger charge is 2.29. The normalized spacial score (nSPS) is 32.1. The van der Waals surface area contributed by atoms with E-state index < -0.39 is 0 Å². The molecule has 3 heteroatoms. The van der Waals surface area contributed by atoms with E-state index in [1.807, 2.05) is 0 Å². The van der Waals surface area contributed by atoms with Gasteiger partial charge in [-0.1, -0.05) is 13.8 Å². The summed E-state index contributed by atoms with van der Waals surface area (Å²) in [5.41, 5.74) is 0. The van der Waals surface area contributed by atoms with Crippen molar-refractivity contribution in [1.29, 1.82) is 0 Å². The van der Waals surface area contributed by atoms with Crippen molar-refractivity contribution in [1.82, 2.24) is 15.5 Å². The zero-order valence-electron chi connectivity index (χ0n) is 8.71. The first-order chi connectivity index (χ1) is 6.27. The second-order valence-electron chi connectivity index (χ2n) is 4.61. The van der Waals surface area contributed by atoms with E-state index in [0.29, 0.717) is 6.04 Å². The summed E-state index contributed by atoms with van der Waals surface area (Å²) in [7, 11) is 0. The molecule has 0 aliphatic carbocycles. The summed E-state index contributed by atoms with van der Waals surface area (Å²) in [5, 5.41) is 6.93. The highest BCUT2D eigenvalue weighted by molar-refractivity contribution is 4.90. The van der Waals surface area contributed by atoms with Crippen LogP contribution in [0.25, 0.3) is 0 Å². The summed E-state index contributed by atoms with van der Waals surface area (Å²) in [6.45, 7) is 10.6. The quantitative estimate of drug-likeness (QED) is 0.625. The van der Waals surface area contributed by atoms with Crippen molar-refractivity contribution in [3.8, 4) is 0 Å². The topological polar surface area (TPSA) is 27.3 Å². The van der Waals surface area contributed by atoms with Gasteiger partial charge in [0.2, 0.25) is 0 Å². The number of piperazine rings is 1. The van der Waals surface area contributed by atoms with Gasteiger partial charge in [-0.3, -0.25) is 4.90 Å². The van der Waals surface area contributed by atoms with E-state index in [0.717, 1.165) is 12.0 Å². The molecule has 2 fully saturated rings. The van der Waals surface area contributed by atoms with Gasteiger partial charge in [0.05, 0.1) is 0 Å². The van der Waals surface area contributed by atoms with Gasteiger partial charge in [0, 0.05) is 44.8 Å². The van der Waals surface area contributed by atoms with Crippen molar-refractivity contribution in [3.63, 3.8) is 0 Å². The molecule has 3 nitrogen and oxygen atoms in total. The Balaban J connectivity index is 1.84. The Morgan fingerprint density at radius 3 is 2.62 bits per heavy atom. The van der Waals surface area contributed by atoms with Gasteiger partial charge in [0.25, 0.3) is 0 Å². The smallest absolute Gasteiger partial charge is 0.0346 e. The van der Waals surface area contributed by atoms with Crippen molar-refractivity contribution in [2.45, 2.75) is 25.9 Å². The third kappa shape index (κ3) is 2.03. The Kier molecular flexibility index (Phi) is 2.86. The Labute approximate surface area is 80.9 Å². The molecule has 2 heterocycles. The summed E-state index contributed by atoms with van der Waals surface area (Å²) >= 11 is 0. The van der Waals surface area contributed by atoms with E-state index in [4.69, 9.17) is 0 Å². The highest BCUT2D eigenvalue weighted by atomic mass is 15.3. The van der Waals surface area contributed by atoms with Gasteiger partial charge in [-0.05, 0) is 5.92 Å². The molecule has 0 radical (unpaired) electrons. The van der Waals surface area contributed by atoms with E-state index in [1.54, 1.807) is 0 Å². The molecule has 2 N–H and O–H groups in total. The van der Waals surface area contributed by atoms with Crippen LogP contribution in [0.2, 0.25) is 0 Å². The zero-order chi connectivity index (χ0) is 9.26. The van der Waals surface area contributed by atoms with Gasteiger partial charge in [-0.25, -0.2) is 0 Å². The van der Waals surface area contributed by atoms with Crippen LogP contribution in [0.5, 0.6) is 0 Å². The monoisotopic (exact) mass is 183 g/mol. The molecule has 0 saturated carbocycles. The molecule has 0 unspecified atom stereocenters. The van der Waals surface area contributed by atoms with Gasteiger partial charge in [-0.15, -0.1) is 0 Å². The molecule has 0 bridgehead atoms. The summed E-state index contributed by atoms with van der Waals surface area (Å²) in [5.74, 6) is 0.760. The molecular weight excluding hydrogens is 162 g/mol. The lowest BCUT2D eigenvalue weighted by Crippen LogP contribution is -2.64. The van der Waals surface area contributed by atoms with E-state index in [2.05, 4.69) is 29.4 Å². The van der Waals surface area contributed by atoms with Gasteiger partial charge < -0.3 is 10.6 Å². The van der Waals surface area contributed by atoms with Gasteiger partial charge in [-0.2, -0.15) is 0 Å². The Morgan fingerprint density at radius 1 is 1.31 bits per heavy atom. The van der Waals surface area contributed by atoms with Crippen LogP contribution < -0.4 is 10.6 Å². The van der Waals surface area contributed by atoms with E-state index in [1.165, 1.54) is 32.7 Å². The minimum atomic E-state index is 0.703. The molecule has 1 atom stereocenters. The average molecular weight is 183 g/mol. The van der Waals surface area contributed by atoms with Crippen molar-refractivity contribution in [3.05, 3.63) is 0 Å². The molecular formula is C10H21N3. The van der Waals surface area contributed by atoms with Crippen LogP contribution in [0.1, 0.15) is 13.8 Å². The standard InChI is InChI=1S/C10H21N3/c1-8(2)10-7-13(4-3-12-10)9-5-11-6-9/h8-12H,3-7H2,1-2H3/t10-/m1/s1. The highest BCUT2D eigenvalue weighted by Crippen LogP contribution is 2.12. The van der Waals surface area contributed by atoms with Crippen molar-refractivity contribution < 1.29 is 0 Å². The maximum Gasteiger partial charge on any atom is 0.0346 e. The summed E-state index contributed by atoms with van der Waals surface area (Å²) in [6, 6.07) is 1.53. The summed E-state index contributed by atoms with van der Waals surface area (Å²) < 4.78 is 0. The third-order valence-corrected chi connectivity index (χ3v) is 3.32. The maximum absolute atomic E-state index is 3.59. The van der Waals surface area contributed by atoms with Crippen molar-refractivity contribution >= 4 is 0 Å².